The van der Waals surface area contributed by atoms with Gasteiger partial charge in [-0.05, 0) is 18.9 Å². The number of hydrogen-bond donors (Lipinski definition) is 1. The molecule has 5 nitrogen and oxygen atoms in total. The molecule has 20 heavy (non-hydrogen) atoms. The minimum Gasteiger partial charge on any atom is -0.359 e. The largest absolute Gasteiger partial charge is 0.359 e. The molecule has 3 heterocycles. The van der Waals surface area contributed by atoms with Gasteiger partial charge >= 0.3 is 0 Å². The molecule has 0 unspecified atom stereocenters. The van der Waals surface area contributed by atoms with E-state index in [0.717, 1.165) is 41.3 Å². The van der Waals surface area contributed by atoms with Gasteiger partial charge in [0.15, 0.2) is 5.13 Å². The predicted octanol–water partition coefficient (Wildman–Crippen LogP) is 2.77. The number of piperidine rings is 1. The van der Waals surface area contributed by atoms with Crippen LogP contribution in [0, 0.1) is 0 Å². The highest BCUT2D eigenvalue weighted by Gasteiger charge is 2.21. The summed E-state index contributed by atoms with van der Waals surface area (Å²) in [6, 6.07) is 2.20. The number of hydrogen-bond acceptors (Lipinski definition) is 5. The molecule has 0 atom stereocenters. The Kier molecular flexibility index (Phi) is 3.76. The number of anilines is 1. The average molecular weight is 311 g/mol. The normalized spacial score (nSPS) is 16.6. The Labute approximate surface area is 126 Å². The van der Waals surface area contributed by atoms with Crippen molar-refractivity contribution in [3.63, 3.8) is 0 Å². The minimum absolute atomic E-state index is 0.157. The summed E-state index contributed by atoms with van der Waals surface area (Å²) in [7, 11) is 0. The Balaban J connectivity index is 1.66. The van der Waals surface area contributed by atoms with E-state index < -0.39 is 0 Å². The lowest BCUT2D eigenvalue weighted by Crippen LogP contribution is -2.41. The molecule has 0 aliphatic carbocycles. The number of likely N-dealkylation sites (tertiary alicyclic amines) is 1. The number of fused-ring (bicyclic) bond motifs is 1. The van der Waals surface area contributed by atoms with E-state index in [9.17, 15) is 4.79 Å². The highest BCUT2D eigenvalue weighted by molar-refractivity contribution is 7.22. The number of aromatic nitrogens is 2. The molecule has 0 spiro atoms. The third-order valence-corrected chi connectivity index (χ3v) is 4.67. The van der Waals surface area contributed by atoms with Crippen molar-refractivity contribution in [1.29, 1.82) is 0 Å². The number of nitrogens with one attached hydrogen (secondary N) is 1. The summed E-state index contributed by atoms with van der Waals surface area (Å²) in [4.78, 5) is 21.7. The van der Waals surface area contributed by atoms with Gasteiger partial charge in [0, 0.05) is 26.1 Å². The van der Waals surface area contributed by atoms with E-state index >= 15 is 0 Å². The first-order valence-corrected chi connectivity index (χ1v) is 7.75. The van der Waals surface area contributed by atoms with Crippen molar-refractivity contribution in [1.82, 2.24) is 14.9 Å². The van der Waals surface area contributed by atoms with Crippen LogP contribution in [-0.4, -0.2) is 39.9 Å². The van der Waals surface area contributed by atoms with Gasteiger partial charge in [0.1, 0.15) is 10.7 Å². The van der Waals surface area contributed by atoms with Crippen molar-refractivity contribution < 1.29 is 4.79 Å². The topological polar surface area (TPSA) is 58.1 Å². The lowest BCUT2D eigenvalue weighted by atomic mass is 10.1. The third-order valence-electron chi connectivity index (χ3n) is 3.51. The molecule has 7 heteroatoms. The fourth-order valence-corrected chi connectivity index (χ4v) is 3.56. The summed E-state index contributed by atoms with van der Waals surface area (Å²) in [5, 5.41) is 4.83. The molecule has 0 bridgehead atoms. The van der Waals surface area contributed by atoms with Crippen molar-refractivity contribution >= 4 is 44.2 Å². The third kappa shape index (κ3) is 2.86. The number of pyridine rings is 1. The van der Waals surface area contributed by atoms with Crippen LogP contribution in [0.5, 0.6) is 0 Å². The maximum atomic E-state index is 11.3. The van der Waals surface area contributed by atoms with Crippen molar-refractivity contribution in [3.8, 4) is 0 Å². The highest BCUT2D eigenvalue weighted by atomic mass is 35.5. The first-order chi connectivity index (χ1) is 9.61. The molecule has 0 aromatic carbocycles. The van der Waals surface area contributed by atoms with Crippen LogP contribution in [0.3, 0.4) is 0 Å². The van der Waals surface area contributed by atoms with Crippen LogP contribution in [0.2, 0.25) is 5.15 Å². The average Bonchev–Trinajstić information content (AvgIpc) is 2.80. The van der Waals surface area contributed by atoms with Crippen molar-refractivity contribution in [2.45, 2.75) is 25.8 Å². The summed E-state index contributed by atoms with van der Waals surface area (Å²) in [5.74, 6) is 0.157. The molecule has 106 valence electrons. The van der Waals surface area contributed by atoms with Crippen molar-refractivity contribution in [3.05, 3.63) is 17.4 Å². The van der Waals surface area contributed by atoms with E-state index in [1.165, 1.54) is 0 Å². The van der Waals surface area contributed by atoms with Crippen LogP contribution in [0.25, 0.3) is 10.2 Å². The van der Waals surface area contributed by atoms with E-state index in [4.69, 9.17) is 11.6 Å². The summed E-state index contributed by atoms with van der Waals surface area (Å²) in [6.07, 6.45) is 3.60. The van der Waals surface area contributed by atoms with E-state index in [-0.39, 0.29) is 5.91 Å². The molecule has 2 aromatic heterocycles. The number of halogens is 1. The lowest BCUT2D eigenvalue weighted by molar-refractivity contribution is -0.129. The van der Waals surface area contributed by atoms with Crippen LogP contribution in [0.1, 0.15) is 19.8 Å². The Bertz CT molecular complexity index is 636. The second kappa shape index (κ2) is 5.54. The summed E-state index contributed by atoms with van der Waals surface area (Å²) >= 11 is 7.46. The molecular weight excluding hydrogens is 296 g/mol. The van der Waals surface area contributed by atoms with Crippen LogP contribution in [-0.2, 0) is 4.79 Å². The fourth-order valence-electron chi connectivity index (χ4n) is 2.38. The number of thiazole rings is 1. The number of carbonyl (C=O) groups is 1. The zero-order chi connectivity index (χ0) is 14.1. The van der Waals surface area contributed by atoms with Crippen molar-refractivity contribution in [2.24, 2.45) is 0 Å². The van der Waals surface area contributed by atoms with Crippen LogP contribution in [0.15, 0.2) is 12.3 Å². The quantitative estimate of drug-likeness (QED) is 0.867. The van der Waals surface area contributed by atoms with Crippen LogP contribution >= 0.6 is 22.9 Å². The molecular formula is C13H15ClN4OS. The van der Waals surface area contributed by atoms with Gasteiger partial charge < -0.3 is 10.2 Å². The minimum atomic E-state index is 0.157. The molecule has 1 saturated heterocycles. The second-order valence-electron chi connectivity index (χ2n) is 4.92. The van der Waals surface area contributed by atoms with E-state index in [2.05, 4.69) is 15.3 Å². The summed E-state index contributed by atoms with van der Waals surface area (Å²) in [6.45, 7) is 3.24. The van der Waals surface area contributed by atoms with Gasteiger partial charge in [-0.25, -0.2) is 9.97 Å². The first-order valence-electron chi connectivity index (χ1n) is 6.56. The molecule has 1 aliphatic rings. The number of rotatable bonds is 2. The monoisotopic (exact) mass is 310 g/mol. The Morgan fingerprint density at radius 3 is 2.95 bits per heavy atom. The standard InChI is InChI=1S/C13H15ClN4OS/c1-8(19)18-4-2-9(3-5-18)16-13-17-10-7-15-12(14)6-11(10)20-13/h6-7,9H,2-5H2,1H3,(H,16,17). The number of amides is 1. The predicted molar refractivity (Wildman–Crippen MR) is 81.3 cm³/mol. The SMILES string of the molecule is CC(=O)N1CCC(Nc2nc3cnc(Cl)cc3s2)CC1. The highest BCUT2D eigenvalue weighted by Crippen LogP contribution is 2.28. The molecule has 1 aliphatic heterocycles. The van der Waals surface area contributed by atoms with Gasteiger partial charge in [0.05, 0.1) is 10.9 Å². The second-order valence-corrected chi connectivity index (χ2v) is 6.34. The number of carbonyl (C=O) groups excluding carboxylic acids is 1. The zero-order valence-electron chi connectivity index (χ0n) is 11.1. The fraction of sp³-hybridized carbons (Fsp3) is 0.462. The van der Waals surface area contributed by atoms with Crippen LogP contribution < -0.4 is 5.32 Å². The maximum absolute atomic E-state index is 11.3. The summed E-state index contributed by atoms with van der Waals surface area (Å²) in [5.41, 5.74) is 0.864. The first kappa shape index (κ1) is 13.6. The molecule has 1 amide bonds. The Morgan fingerprint density at radius 1 is 1.50 bits per heavy atom. The Morgan fingerprint density at radius 2 is 2.25 bits per heavy atom. The van der Waals surface area contributed by atoms with E-state index in [1.807, 2.05) is 11.0 Å². The molecule has 3 rings (SSSR count). The van der Waals surface area contributed by atoms with Gasteiger partial charge in [0.2, 0.25) is 5.91 Å². The zero-order valence-corrected chi connectivity index (χ0v) is 12.7. The van der Waals surface area contributed by atoms with Gasteiger partial charge in [-0.1, -0.05) is 22.9 Å². The van der Waals surface area contributed by atoms with Gasteiger partial charge in [-0.2, -0.15) is 0 Å². The van der Waals surface area contributed by atoms with Gasteiger partial charge in [-0.3, -0.25) is 4.79 Å². The van der Waals surface area contributed by atoms with Gasteiger partial charge in [-0.15, -0.1) is 0 Å². The van der Waals surface area contributed by atoms with Gasteiger partial charge in [0.25, 0.3) is 0 Å². The van der Waals surface area contributed by atoms with E-state index in [0.29, 0.717) is 11.2 Å². The molecule has 0 radical (unpaired) electrons. The van der Waals surface area contributed by atoms with Crippen LogP contribution in [0.4, 0.5) is 5.13 Å². The smallest absolute Gasteiger partial charge is 0.219 e. The maximum Gasteiger partial charge on any atom is 0.219 e. The molecule has 2 aromatic rings. The number of nitrogens with zero attached hydrogens (tertiary/aromatic N) is 3. The summed E-state index contributed by atoms with van der Waals surface area (Å²) < 4.78 is 1.04. The molecule has 1 fully saturated rings. The molecule has 1 N–H and O–H groups in total. The molecule has 0 saturated carbocycles. The van der Waals surface area contributed by atoms with E-state index in [1.54, 1.807) is 24.5 Å². The van der Waals surface area contributed by atoms with Crippen molar-refractivity contribution in [2.75, 3.05) is 18.4 Å². The Hall–Kier alpha value is -1.40. The lowest BCUT2D eigenvalue weighted by Gasteiger charge is -2.31.